The standard InChI is InChI=1S/C27H24F2N6O2S/c1-26(2)17-7-8-27(26,25-16(17)9-20(34-35-25)24-18(28)5-4-6-19(24)29)22-13-30-12-21(33-22)15-10-31-23(32-11-15)14-38(3,36)37/h4-6,9-13,17H,7-8,14H2,1-3H3/t17-,27+/m0/s1. The Kier molecular flexibility index (Phi) is 5.43. The van der Waals surface area contributed by atoms with Crippen molar-refractivity contribution in [1.29, 1.82) is 0 Å². The van der Waals surface area contributed by atoms with E-state index in [0.717, 1.165) is 36.0 Å². The lowest BCUT2D eigenvalue weighted by atomic mass is 9.66. The van der Waals surface area contributed by atoms with Crippen LogP contribution in [0.2, 0.25) is 0 Å². The third kappa shape index (κ3) is 3.63. The lowest BCUT2D eigenvalue weighted by Crippen LogP contribution is -2.38. The summed E-state index contributed by atoms with van der Waals surface area (Å²) in [4.78, 5) is 17.8. The maximum Gasteiger partial charge on any atom is 0.154 e. The summed E-state index contributed by atoms with van der Waals surface area (Å²) in [5.74, 6) is -1.29. The molecule has 1 aromatic carbocycles. The fourth-order valence-corrected chi connectivity index (χ4v) is 6.88. The number of aromatic nitrogens is 6. The third-order valence-corrected chi connectivity index (χ3v) is 8.85. The van der Waals surface area contributed by atoms with Gasteiger partial charge in [-0.3, -0.25) is 4.98 Å². The van der Waals surface area contributed by atoms with Gasteiger partial charge in [-0.15, -0.1) is 5.10 Å². The normalized spacial score (nSPS) is 21.4. The zero-order valence-corrected chi connectivity index (χ0v) is 21.8. The Labute approximate surface area is 218 Å². The van der Waals surface area contributed by atoms with Gasteiger partial charge in [0.15, 0.2) is 9.84 Å². The third-order valence-electron chi connectivity index (χ3n) is 8.07. The van der Waals surface area contributed by atoms with Crippen LogP contribution in [0.5, 0.6) is 0 Å². The monoisotopic (exact) mass is 534 g/mol. The number of sulfone groups is 1. The molecule has 2 bridgehead atoms. The van der Waals surface area contributed by atoms with Crippen molar-refractivity contribution in [2.24, 2.45) is 5.41 Å². The van der Waals surface area contributed by atoms with Gasteiger partial charge in [-0.25, -0.2) is 32.2 Å². The topological polar surface area (TPSA) is 111 Å². The van der Waals surface area contributed by atoms with Gasteiger partial charge < -0.3 is 0 Å². The number of fused-ring (bicyclic) bond motifs is 5. The minimum atomic E-state index is -3.25. The van der Waals surface area contributed by atoms with Crippen LogP contribution in [0.3, 0.4) is 0 Å². The van der Waals surface area contributed by atoms with Crippen molar-refractivity contribution in [3.05, 3.63) is 83.5 Å². The van der Waals surface area contributed by atoms with E-state index in [4.69, 9.17) is 4.98 Å². The summed E-state index contributed by atoms with van der Waals surface area (Å²) in [7, 11) is -3.25. The molecule has 2 aliphatic carbocycles. The minimum absolute atomic E-state index is 0.102. The average Bonchev–Trinajstić information content (AvgIpc) is 3.24. The van der Waals surface area contributed by atoms with E-state index in [2.05, 4.69) is 39.0 Å². The first kappa shape index (κ1) is 24.6. The Hall–Kier alpha value is -3.73. The van der Waals surface area contributed by atoms with Gasteiger partial charge in [0, 0.05) is 30.4 Å². The second-order valence-electron chi connectivity index (χ2n) is 10.6. The maximum atomic E-state index is 14.5. The van der Waals surface area contributed by atoms with Crippen LogP contribution in [0.4, 0.5) is 8.78 Å². The van der Waals surface area contributed by atoms with Gasteiger partial charge in [-0.2, -0.15) is 5.10 Å². The first-order valence-corrected chi connectivity index (χ1v) is 14.2. The van der Waals surface area contributed by atoms with Crippen molar-refractivity contribution in [3.63, 3.8) is 0 Å². The largest absolute Gasteiger partial charge is 0.261 e. The zero-order chi connectivity index (χ0) is 26.9. The van der Waals surface area contributed by atoms with Crippen LogP contribution in [0, 0.1) is 17.0 Å². The van der Waals surface area contributed by atoms with E-state index in [1.165, 1.54) is 18.2 Å². The Morgan fingerprint density at radius 3 is 2.39 bits per heavy atom. The summed E-state index contributed by atoms with van der Waals surface area (Å²) in [5, 5.41) is 8.83. The molecule has 3 heterocycles. The average molecular weight is 535 g/mol. The molecule has 194 valence electrons. The molecule has 8 nitrogen and oxygen atoms in total. The molecule has 1 fully saturated rings. The molecule has 2 atom stereocenters. The molecule has 0 radical (unpaired) electrons. The molecule has 2 aliphatic rings. The lowest BCUT2D eigenvalue weighted by molar-refractivity contribution is 0.242. The highest BCUT2D eigenvalue weighted by Gasteiger charge is 2.65. The van der Waals surface area contributed by atoms with Crippen LogP contribution in [0.25, 0.3) is 22.5 Å². The van der Waals surface area contributed by atoms with Crippen molar-refractivity contribution in [1.82, 2.24) is 30.1 Å². The van der Waals surface area contributed by atoms with Crippen LogP contribution in [0.1, 0.15) is 55.4 Å². The highest BCUT2D eigenvalue weighted by molar-refractivity contribution is 7.89. The Bertz CT molecular complexity index is 1670. The van der Waals surface area contributed by atoms with Crippen molar-refractivity contribution in [3.8, 4) is 22.5 Å². The highest BCUT2D eigenvalue weighted by atomic mass is 32.2. The van der Waals surface area contributed by atoms with Crippen molar-refractivity contribution in [2.75, 3.05) is 6.26 Å². The molecule has 11 heteroatoms. The van der Waals surface area contributed by atoms with Gasteiger partial charge >= 0.3 is 0 Å². The summed E-state index contributed by atoms with van der Waals surface area (Å²) in [6.45, 7) is 4.32. The van der Waals surface area contributed by atoms with Gasteiger partial charge in [0.25, 0.3) is 0 Å². The van der Waals surface area contributed by atoms with Gasteiger partial charge in [-0.1, -0.05) is 19.9 Å². The van der Waals surface area contributed by atoms with Gasteiger partial charge in [0.1, 0.15) is 23.2 Å². The van der Waals surface area contributed by atoms with E-state index in [1.54, 1.807) is 30.9 Å². The second kappa shape index (κ2) is 8.39. The molecule has 38 heavy (non-hydrogen) atoms. The highest BCUT2D eigenvalue weighted by Crippen LogP contribution is 2.69. The summed E-state index contributed by atoms with van der Waals surface area (Å²) >= 11 is 0. The zero-order valence-electron chi connectivity index (χ0n) is 21.0. The molecule has 1 saturated carbocycles. The molecule has 0 saturated heterocycles. The molecule has 0 N–H and O–H groups in total. The summed E-state index contributed by atoms with van der Waals surface area (Å²) in [6, 6.07) is 5.51. The predicted molar refractivity (Wildman–Crippen MR) is 136 cm³/mol. The Morgan fingerprint density at radius 1 is 1.00 bits per heavy atom. The van der Waals surface area contributed by atoms with E-state index in [0.29, 0.717) is 11.3 Å². The minimum Gasteiger partial charge on any atom is -0.261 e. The van der Waals surface area contributed by atoms with Crippen molar-refractivity contribution < 1.29 is 17.2 Å². The van der Waals surface area contributed by atoms with Gasteiger partial charge in [-0.05, 0) is 47.9 Å². The van der Waals surface area contributed by atoms with Crippen LogP contribution in [0.15, 0.2) is 49.1 Å². The Balaban J connectivity index is 1.43. The van der Waals surface area contributed by atoms with E-state index in [9.17, 15) is 17.2 Å². The molecular weight excluding hydrogens is 510 g/mol. The van der Waals surface area contributed by atoms with Crippen LogP contribution >= 0.6 is 0 Å². The van der Waals surface area contributed by atoms with E-state index >= 15 is 0 Å². The molecule has 0 amide bonds. The second-order valence-corrected chi connectivity index (χ2v) is 12.7. The maximum absolute atomic E-state index is 14.5. The number of hydrogen-bond donors (Lipinski definition) is 0. The molecule has 0 aliphatic heterocycles. The first-order valence-electron chi connectivity index (χ1n) is 12.2. The lowest BCUT2D eigenvalue weighted by Gasteiger charge is -2.37. The molecule has 6 rings (SSSR count). The first-order chi connectivity index (χ1) is 18.0. The number of nitrogens with zero attached hydrogens (tertiary/aromatic N) is 6. The number of rotatable bonds is 5. The predicted octanol–water partition coefficient (Wildman–Crippen LogP) is 4.42. The number of halogens is 2. The number of hydrogen-bond acceptors (Lipinski definition) is 8. The van der Waals surface area contributed by atoms with E-state index < -0.39 is 26.9 Å². The van der Waals surface area contributed by atoms with E-state index in [1.807, 2.05) is 0 Å². The molecular formula is C27H24F2N6O2S. The SMILES string of the molecule is CC1(C)[C@H]2CC[C@@]1(c1cncc(-c3cnc(CS(C)(=O)=O)nc3)n1)c1nnc(-c3c(F)cccc3F)cc12. The quantitative estimate of drug-likeness (QED) is 0.370. The van der Waals surface area contributed by atoms with Crippen LogP contribution < -0.4 is 0 Å². The smallest absolute Gasteiger partial charge is 0.154 e. The fourth-order valence-electron chi connectivity index (χ4n) is 6.26. The molecule has 0 spiro atoms. The summed E-state index contributed by atoms with van der Waals surface area (Å²) < 4.78 is 52.2. The van der Waals surface area contributed by atoms with Crippen LogP contribution in [-0.2, 0) is 21.0 Å². The van der Waals surface area contributed by atoms with Gasteiger partial charge in [0.2, 0.25) is 0 Å². The van der Waals surface area contributed by atoms with E-state index in [-0.39, 0.29) is 34.2 Å². The van der Waals surface area contributed by atoms with Crippen LogP contribution in [-0.4, -0.2) is 44.8 Å². The molecule has 3 aromatic heterocycles. The van der Waals surface area contributed by atoms with Crippen molar-refractivity contribution in [2.45, 2.75) is 43.8 Å². The molecule has 0 unspecified atom stereocenters. The fraction of sp³-hybridized carbons (Fsp3) is 0.333. The van der Waals surface area contributed by atoms with Crippen molar-refractivity contribution >= 4 is 9.84 Å². The number of benzene rings is 1. The Morgan fingerprint density at radius 2 is 1.71 bits per heavy atom. The van der Waals surface area contributed by atoms with Gasteiger partial charge in [0.05, 0.1) is 40.0 Å². The molecule has 4 aromatic rings. The summed E-state index contributed by atoms with van der Waals surface area (Å²) in [5.41, 5.74) is 2.65. The summed E-state index contributed by atoms with van der Waals surface area (Å²) in [6.07, 6.45) is 9.20.